The Kier molecular flexibility index (Phi) is 4.03. The molecule has 1 N–H and O–H groups in total. The fourth-order valence-electron chi connectivity index (χ4n) is 1.77. The lowest BCUT2D eigenvalue weighted by atomic mass is 10.4. The zero-order valence-electron chi connectivity index (χ0n) is 10.7. The highest BCUT2D eigenvalue weighted by Crippen LogP contribution is 2.16. The normalized spacial score (nSPS) is 10.8. The first-order valence-corrected chi connectivity index (χ1v) is 8.03. The van der Waals surface area contributed by atoms with Gasteiger partial charge in [0.15, 0.2) is 4.96 Å². The average Bonchev–Trinajstić information content (AvgIpc) is 3.05. The number of benzene rings is 1. The molecule has 0 saturated carbocycles. The Morgan fingerprint density at radius 1 is 1.35 bits per heavy atom. The number of amides is 1. The van der Waals surface area contributed by atoms with Gasteiger partial charge in [0.2, 0.25) is 5.91 Å². The molecule has 4 nitrogen and oxygen atoms in total. The van der Waals surface area contributed by atoms with Gasteiger partial charge in [-0.3, -0.25) is 9.20 Å². The molecule has 102 valence electrons. The van der Waals surface area contributed by atoms with E-state index in [-0.39, 0.29) is 5.91 Å². The fourth-order valence-corrected chi connectivity index (χ4v) is 3.24. The smallest absolute Gasteiger partial charge is 0.230 e. The van der Waals surface area contributed by atoms with Gasteiger partial charge >= 0.3 is 0 Å². The lowest BCUT2D eigenvalue weighted by molar-refractivity contribution is -0.118. The number of imidazole rings is 1. The van der Waals surface area contributed by atoms with Crippen LogP contribution in [0.2, 0.25) is 0 Å². The van der Waals surface area contributed by atoms with Crippen LogP contribution < -0.4 is 5.32 Å². The number of carbonyl (C=O) groups excluding carboxylic acids is 1. The third kappa shape index (κ3) is 3.20. The number of carbonyl (C=O) groups is 1. The average molecular weight is 303 g/mol. The highest BCUT2D eigenvalue weighted by atomic mass is 32.2. The van der Waals surface area contributed by atoms with E-state index in [1.54, 1.807) is 11.3 Å². The summed E-state index contributed by atoms with van der Waals surface area (Å²) >= 11 is 3.12. The van der Waals surface area contributed by atoms with Gasteiger partial charge in [0.05, 0.1) is 18.0 Å². The molecule has 0 bridgehead atoms. The standard InChI is InChI=1S/C14H13N3OS2/c18-13(10-20-12-4-2-1-3-5-12)15-8-11-9-17-6-7-19-14(17)16-11/h1-7,9H,8,10H2,(H,15,18). The minimum atomic E-state index is 0.0233. The summed E-state index contributed by atoms with van der Waals surface area (Å²) in [5.74, 6) is 0.446. The number of rotatable bonds is 5. The van der Waals surface area contributed by atoms with Crippen molar-refractivity contribution in [2.24, 2.45) is 0 Å². The van der Waals surface area contributed by atoms with Crippen LogP contribution in [0.5, 0.6) is 0 Å². The third-order valence-corrected chi connectivity index (χ3v) is 4.51. The Labute approximate surface area is 124 Å². The summed E-state index contributed by atoms with van der Waals surface area (Å²) in [5.41, 5.74) is 0.884. The van der Waals surface area contributed by atoms with E-state index in [1.807, 2.05) is 52.5 Å². The van der Waals surface area contributed by atoms with Crippen LogP contribution in [0.15, 0.2) is 53.0 Å². The zero-order chi connectivity index (χ0) is 13.8. The van der Waals surface area contributed by atoms with Crippen molar-refractivity contribution in [2.45, 2.75) is 11.4 Å². The second kappa shape index (κ2) is 6.11. The van der Waals surface area contributed by atoms with Crippen molar-refractivity contribution in [3.8, 4) is 0 Å². The largest absolute Gasteiger partial charge is 0.350 e. The minimum absolute atomic E-state index is 0.0233. The van der Waals surface area contributed by atoms with Crippen molar-refractivity contribution < 1.29 is 4.79 Å². The van der Waals surface area contributed by atoms with Crippen molar-refractivity contribution in [3.63, 3.8) is 0 Å². The Bertz CT molecular complexity index is 677. The molecule has 0 saturated heterocycles. The molecule has 0 radical (unpaired) electrons. The number of hydrogen-bond donors (Lipinski definition) is 1. The molecule has 0 aliphatic carbocycles. The maximum atomic E-state index is 11.8. The van der Waals surface area contributed by atoms with Crippen LogP contribution in [0.4, 0.5) is 0 Å². The first kappa shape index (κ1) is 13.2. The molecule has 0 spiro atoms. The van der Waals surface area contributed by atoms with Crippen LogP contribution in [0.3, 0.4) is 0 Å². The van der Waals surface area contributed by atoms with Gasteiger partial charge in [-0.1, -0.05) is 18.2 Å². The molecule has 3 aromatic rings. The molecule has 1 aromatic carbocycles. The Balaban J connectivity index is 1.48. The van der Waals surface area contributed by atoms with Crippen molar-refractivity contribution in [2.75, 3.05) is 5.75 Å². The van der Waals surface area contributed by atoms with E-state index in [1.165, 1.54) is 11.8 Å². The molecule has 1 amide bonds. The third-order valence-electron chi connectivity index (χ3n) is 2.72. The van der Waals surface area contributed by atoms with Crippen LogP contribution in [0.25, 0.3) is 4.96 Å². The van der Waals surface area contributed by atoms with E-state index < -0.39 is 0 Å². The SMILES string of the molecule is O=C(CSc1ccccc1)NCc1cn2ccsc2n1. The summed E-state index contributed by atoms with van der Waals surface area (Å²) in [5, 5.41) is 4.88. The quantitative estimate of drug-likeness (QED) is 0.737. The predicted molar refractivity (Wildman–Crippen MR) is 82.1 cm³/mol. The van der Waals surface area contributed by atoms with E-state index in [4.69, 9.17) is 0 Å². The number of thiazole rings is 1. The molecule has 0 fully saturated rings. The highest BCUT2D eigenvalue weighted by Gasteiger charge is 2.05. The van der Waals surface area contributed by atoms with E-state index in [0.29, 0.717) is 12.3 Å². The molecule has 20 heavy (non-hydrogen) atoms. The summed E-state index contributed by atoms with van der Waals surface area (Å²) in [4.78, 5) is 18.3. The zero-order valence-corrected chi connectivity index (χ0v) is 12.3. The molecule has 2 heterocycles. The van der Waals surface area contributed by atoms with Crippen LogP contribution >= 0.6 is 23.1 Å². The maximum absolute atomic E-state index is 11.8. The first-order valence-electron chi connectivity index (χ1n) is 6.17. The number of nitrogens with one attached hydrogen (secondary N) is 1. The molecular formula is C14H13N3OS2. The number of hydrogen-bond acceptors (Lipinski definition) is 4. The monoisotopic (exact) mass is 303 g/mol. The van der Waals surface area contributed by atoms with Crippen molar-refractivity contribution in [3.05, 3.63) is 53.8 Å². The summed E-state index contributed by atoms with van der Waals surface area (Å²) in [6, 6.07) is 9.91. The summed E-state index contributed by atoms with van der Waals surface area (Å²) in [7, 11) is 0. The molecule has 6 heteroatoms. The lowest BCUT2D eigenvalue weighted by Crippen LogP contribution is -2.24. The van der Waals surface area contributed by atoms with Crippen molar-refractivity contribution >= 4 is 34.0 Å². The van der Waals surface area contributed by atoms with Gasteiger partial charge in [-0.15, -0.1) is 23.1 Å². The van der Waals surface area contributed by atoms with Crippen LogP contribution in [0.1, 0.15) is 5.69 Å². The molecule has 3 rings (SSSR count). The lowest BCUT2D eigenvalue weighted by Gasteiger charge is -2.03. The minimum Gasteiger partial charge on any atom is -0.350 e. The first-order chi connectivity index (χ1) is 9.81. The second-order valence-electron chi connectivity index (χ2n) is 4.20. The number of thioether (sulfide) groups is 1. The number of aromatic nitrogens is 2. The van der Waals surface area contributed by atoms with Crippen LogP contribution in [-0.2, 0) is 11.3 Å². The maximum Gasteiger partial charge on any atom is 0.230 e. The Morgan fingerprint density at radius 3 is 3.00 bits per heavy atom. The summed E-state index contributed by atoms with van der Waals surface area (Å²) in [6.45, 7) is 0.475. The Hall–Kier alpha value is -1.79. The second-order valence-corrected chi connectivity index (χ2v) is 6.13. The predicted octanol–water partition coefficient (Wildman–Crippen LogP) is 2.80. The van der Waals surface area contributed by atoms with E-state index in [2.05, 4.69) is 10.3 Å². The fraction of sp³-hybridized carbons (Fsp3) is 0.143. The van der Waals surface area contributed by atoms with Crippen molar-refractivity contribution in [1.29, 1.82) is 0 Å². The van der Waals surface area contributed by atoms with E-state index in [9.17, 15) is 4.79 Å². The topological polar surface area (TPSA) is 46.4 Å². The van der Waals surface area contributed by atoms with Gasteiger partial charge in [-0.25, -0.2) is 4.98 Å². The Morgan fingerprint density at radius 2 is 2.20 bits per heavy atom. The van der Waals surface area contributed by atoms with Crippen molar-refractivity contribution in [1.82, 2.24) is 14.7 Å². The van der Waals surface area contributed by atoms with Gasteiger partial charge in [0, 0.05) is 22.7 Å². The molecule has 2 aromatic heterocycles. The molecule has 0 aliphatic heterocycles. The highest BCUT2D eigenvalue weighted by molar-refractivity contribution is 8.00. The molecule has 0 aliphatic rings. The summed E-state index contributed by atoms with van der Waals surface area (Å²) in [6.07, 6.45) is 3.90. The molecular weight excluding hydrogens is 290 g/mol. The van der Waals surface area contributed by atoms with E-state index in [0.717, 1.165) is 15.6 Å². The number of nitrogens with zero attached hydrogens (tertiary/aromatic N) is 2. The van der Waals surface area contributed by atoms with Gasteiger partial charge in [-0.2, -0.15) is 0 Å². The van der Waals surface area contributed by atoms with E-state index >= 15 is 0 Å². The van der Waals surface area contributed by atoms with Gasteiger partial charge in [-0.05, 0) is 12.1 Å². The van der Waals surface area contributed by atoms with Crippen LogP contribution in [-0.4, -0.2) is 21.0 Å². The summed E-state index contributed by atoms with van der Waals surface area (Å²) < 4.78 is 1.96. The molecule has 0 unspecified atom stereocenters. The van der Waals surface area contributed by atoms with Gasteiger partial charge in [0.1, 0.15) is 0 Å². The molecule has 0 atom stereocenters. The number of fused-ring (bicyclic) bond motifs is 1. The van der Waals surface area contributed by atoms with Crippen LogP contribution in [0, 0.1) is 0 Å². The van der Waals surface area contributed by atoms with Gasteiger partial charge in [0.25, 0.3) is 0 Å². The van der Waals surface area contributed by atoms with Gasteiger partial charge < -0.3 is 5.32 Å².